The molecule has 0 unspecified atom stereocenters. The van der Waals surface area contributed by atoms with E-state index in [0.29, 0.717) is 5.69 Å². The summed E-state index contributed by atoms with van der Waals surface area (Å²) in [6.45, 7) is 0. The highest BCUT2D eigenvalue weighted by molar-refractivity contribution is 6.67. The van der Waals surface area contributed by atoms with Crippen molar-refractivity contribution >= 4 is 22.5 Å². The van der Waals surface area contributed by atoms with Crippen LogP contribution >= 0.6 is 11.6 Å². The second-order valence-electron chi connectivity index (χ2n) is 2.05. The predicted octanol–water partition coefficient (Wildman–Crippen LogP) is 0.914. The van der Waals surface area contributed by atoms with Gasteiger partial charge in [0.2, 0.25) is 0 Å². The van der Waals surface area contributed by atoms with Gasteiger partial charge in [-0.15, -0.1) is 0 Å². The van der Waals surface area contributed by atoms with E-state index in [-0.39, 0.29) is 11.3 Å². The fourth-order valence-corrected chi connectivity index (χ4v) is 0.873. The van der Waals surface area contributed by atoms with Gasteiger partial charge in [0.05, 0.1) is 17.4 Å². The molecule has 0 radical (unpaired) electrons. The number of nitrogens with zero attached hydrogens (tertiary/aromatic N) is 2. The largest absolute Gasteiger partial charge is 0.397 e. The standard InChI is InChI=1S/C7H4ClN3O/c8-7(12)6-4(2-9)1-5(10)3-11-6/h1,3H,10H2. The quantitative estimate of drug-likeness (QED) is 0.654. The molecule has 0 aliphatic carbocycles. The lowest BCUT2D eigenvalue weighted by Crippen LogP contribution is -2.00. The summed E-state index contributed by atoms with van der Waals surface area (Å²) in [5.41, 5.74) is 5.69. The zero-order chi connectivity index (χ0) is 9.14. The van der Waals surface area contributed by atoms with Crippen LogP contribution in [0.4, 0.5) is 5.69 Å². The van der Waals surface area contributed by atoms with Crippen molar-refractivity contribution < 1.29 is 4.79 Å². The van der Waals surface area contributed by atoms with Gasteiger partial charge in [0, 0.05) is 0 Å². The molecule has 5 heteroatoms. The van der Waals surface area contributed by atoms with E-state index in [1.165, 1.54) is 12.3 Å². The van der Waals surface area contributed by atoms with Crippen molar-refractivity contribution in [3.63, 3.8) is 0 Å². The Kier molecular flexibility index (Phi) is 2.26. The van der Waals surface area contributed by atoms with Crippen LogP contribution in [-0.4, -0.2) is 10.2 Å². The number of carbonyl (C=O) groups is 1. The fourth-order valence-electron chi connectivity index (χ4n) is 0.723. The minimum atomic E-state index is -0.758. The van der Waals surface area contributed by atoms with Crippen molar-refractivity contribution in [2.24, 2.45) is 0 Å². The molecule has 0 spiro atoms. The molecule has 1 rings (SSSR count). The molecule has 0 aliphatic heterocycles. The molecule has 4 nitrogen and oxygen atoms in total. The van der Waals surface area contributed by atoms with Crippen LogP contribution in [0, 0.1) is 11.3 Å². The van der Waals surface area contributed by atoms with Crippen molar-refractivity contribution in [2.45, 2.75) is 0 Å². The normalized spacial score (nSPS) is 9.00. The minimum Gasteiger partial charge on any atom is -0.397 e. The summed E-state index contributed by atoms with van der Waals surface area (Å²) in [5, 5.41) is 7.78. The molecular weight excluding hydrogens is 178 g/mol. The summed E-state index contributed by atoms with van der Waals surface area (Å²) in [6, 6.07) is 3.12. The number of nitriles is 1. The number of aromatic nitrogens is 1. The molecule has 0 bridgehead atoms. The molecule has 12 heavy (non-hydrogen) atoms. The summed E-state index contributed by atoms with van der Waals surface area (Å²) in [7, 11) is 0. The van der Waals surface area contributed by atoms with E-state index in [4.69, 9.17) is 22.6 Å². The van der Waals surface area contributed by atoms with Crippen LogP contribution in [-0.2, 0) is 0 Å². The molecule has 0 aromatic carbocycles. The molecule has 0 fully saturated rings. The second kappa shape index (κ2) is 3.20. The van der Waals surface area contributed by atoms with E-state index < -0.39 is 5.24 Å². The van der Waals surface area contributed by atoms with Gasteiger partial charge in [0.15, 0.2) is 0 Å². The van der Waals surface area contributed by atoms with E-state index in [1.54, 1.807) is 6.07 Å². The number of hydrogen-bond donors (Lipinski definition) is 1. The SMILES string of the molecule is N#Cc1cc(N)cnc1C(=O)Cl. The van der Waals surface area contributed by atoms with Gasteiger partial charge in [-0.1, -0.05) is 0 Å². The third-order valence-corrected chi connectivity index (χ3v) is 1.39. The summed E-state index contributed by atoms with van der Waals surface area (Å²) >= 11 is 5.15. The Bertz CT molecular complexity index is 369. The maximum Gasteiger partial charge on any atom is 0.272 e. The van der Waals surface area contributed by atoms with E-state index in [1.807, 2.05) is 0 Å². The van der Waals surface area contributed by atoms with Crippen LogP contribution < -0.4 is 5.73 Å². The highest BCUT2D eigenvalue weighted by Crippen LogP contribution is 2.10. The van der Waals surface area contributed by atoms with Crippen LogP contribution in [0.15, 0.2) is 12.3 Å². The van der Waals surface area contributed by atoms with Gasteiger partial charge in [-0.2, -0.15) is 5.26 Å². The number of rotatable bonds is 1. The molecule has 0 saturated heterocycles. The van der Waals surface area contributed by atoms with Crippen LogP contribution in [0.5, 0.6) is 0 Å². The first-order valence-electron chi connectivity index (χ1n) is 3.00. The van der Waals surface area contributed by atoms with Gasteiger partial charge in [-0.25, -0.2) is 4.98 Å². The summed E-state index contributed by atoms with van der Waals surface area (Å²) < 4.78 is 0. The number of nitrogens with two attached hydrogens (primary N) is 1. The Morgan fingerprint density at radius 1 is 1.75 bits per heavy atom. The number of pyridine rings is 1. The van der Waals surface area contributed by atoms with Crippen molar-refractivity contribution in [3.05, 3.63) is 23.5 Å². The Balaban J connectivity index is 3.32. The van der Waals surface area contributed by atoms with Gasteiger partial charge >= 0.3 is 0 Å². The van der Waals surface area contributed by atoms with Gasteiger partial charge in [0.1, 0.15) is 11.8 Å². The highest BCUT2D eigenvalue weighted by Gasteiger charge is 2.09. The molecule has 0 atom stereocenters. The first kappa shape index (κ1) is 8.50. The van der Waals surface area contributed by atoms with E-state index in [2.05, 4.69) is 4.98 Å². The topological polar surface area (TPSA) is 79.8 Å². The maximum absolute atomic E-state index is 10.6. The average Bonchev–Trinajstić information content (AvgIpc) is 2.03. The number of anilines is 1. The Morgan fingerprint density at radius 3 is 2.92 bits per heavy atom. The molecule has 2 N–H and O–H groups in total. The number of hydrogen-bond acceptors (Lipinski definition) is 4. The summed E-state index contributed by atoms with van der Waals surface area (Å²) in [4.78, 5) is 14.3. The lowest BCUT2D eigenvalue weighted by Gasteiger charge is -1.96. The van der Waals surface area contributed by atoms with Crippen LogP contribution in [0.25, 0.3) is 0 Å². The first-order valence-corrected chi connectivity index (χ1v) is 3.38. The van der Waals surface area contributed by atoms with Crippen molar-refractivity contribution in [1.29, 1.82) is 5.26 Å². The van der Waals surface area contributed by atoms with Crippen molar-refractivity contribution in [3.8, 4) is 6.07 Å². The Hall–Kier alpha value is -1.60. The first-order chi connectivity index (χ1) is 5.65. The lowest BCUT2D eigenvalue weighted by atomic mass is 10.2. The fraction of sp³-hybridized carbons (Fsp3) is 0. The maximum atomic E-state index is 10.6. The summed E-state index contributed by atoms with van der Waals surface area (Å²) in [5.74, 6) is 0. The number of carbonyl (C=O) groups excluding carboxylic acids is 1. The zero-order valence-corrected chi connectivity index (χ0v) is 6.67. The minimum absolute atomic E-state index is 0.0617. The molecule has 60 valence electrons. The zero-order valence-electron chi connectivity index (χ0n) is 5.91. The molecule has 0 amide bonds. The predicted molar refractivity (Wildman–Crippen MR) is 43.5 cm³/mol. The van der Waals surface area contributed by atoms with Gasteiger partial charge in [0.25, 0.3) is 5.24 Å². The number of nitrogen functional groups attached to an aromatic ring is 1. The Labute approximate surface area is 73.6 Å². The summed E-state index contributed by atoms with van der Waals surface area (Å²) in [6.07, 6.45) is 1.27. The molecule has 1 aromatic rings. The smallest absolute Gasteiger partial charge is 0.272 e. The van der Waals surface area contributed by atoms with Gasteiger partial charge in [-0.3, -0.25) is 4.79 Å². The number of halogens is 1. The third kappa shape index (κ3) is 1.52. The lowest BCUT2D eigenvalue weighted by molar-refractivity contribution is 0.107. The Morgan fingerprint density at radius 2 is 2.42 bits per heavy atom. The second-order valence-corrected chi connectivity index (χ2v) is 2.39. The molecule has 1 aromatic heterocycles. The van der Waals surface area contributed by atoms with Gasteiger partial charge in [-0.05, 0) is 17.7 Å². The molecule has 0 aliphatic rings. The van der Waals surface area contributed by atoms with Gasteiger partial charge < -0.3 is 5.73 Å². The van der Waals surface area contributed by atoms with Crippen molar-refractivity contribution in [2.75, 3.05) is 5.73 Å². The monoisotopic (exact) mass is 181 g/mol. The molecular formula is C7H4ClN3O. The van der Waals surface area contributed by atoms with Crippen LogP contribution in [0.2, 0.25) is 0 Å². The van der Waals surface area contributed by atoms with E-state index >= 15 is 0 Å². The highest BCUT2D eigenvalue weighted by atomic mass is 35.5. The third-order valence-electron chi connectivity index (χ3n) is 1.22. The van der Waals surface area contributed by atoms with Crippen molar-refractivity contribution in [1.82, 2.24) is 4.98 Å². The molecule has 1 heterocycles. The van der Waals surface area contributed by atoms with Crippen LogP contribution in [0.3, 0.4) is 0 Å². The van der Waals surface area contributed by atoms with Crippen LogP contribution in [0.1, 0.15) is 16.1 Å². The van der Waals surface area contributed by atoms with E-state index in [0.717, 1.165) is 0 Å². The molecule has 0 saturated carbocycles. The van der Waals surface area contributed by atoms with E-state index in [9.17, 15) is 4.79 Å². The average molecular weight is 182 g/mol.